The van der Waals surface area contributed by atoms with E-state index in [2.05, 4.69) is 47.7 Å². The van der Waals surface area contributed by atoms with Gasteiger partial charge in [-0.05, 0) is 19.4 Å². The number of aliphatic hydroxyl groups is 1. The van der Waals surface area contributed by atoms with E-state index in [4.69, 9.17) is 0 Å². The van der Waals surface area contributed by atoms with E-state index in [0.717, 1.165) is 52.2 Å². The van der Waals surface area contributed by atoms with Crippen LogP contribution >= 0.6 is 0 Å². The number of hydrogen-bond donors (Lipinski definition) is 1. The van der Waals surface area contributed by atoms with Gasteiger partial charge in [-0.2, -0.15) is 0 Å². The molecular formula is C16H31N3O. The molecule has 0 amide bonds. The first-order valence-electron chi connectivity index (χ1n) is 8.06. The standard InChI is InChI=1S/C16H31N3O/c1-14(2)5-4-7-18-8-6-15(16(20)13-18)19-11-9-17(3)10-12-19/h4-5,14-16,20H,6-13H2,1-3H3/b5-4+/t15-,16-/m1/s1. The van der Waals surface area contributed by atoms with E-state index in [9.17, 15) is 5.11 Å². The van der Waals surface area contributed by atoms with Crippen molar-refractivity contribution in [3.8, 4) is 0 Å². The molecule has 1 N–H and O–H groups in total. The zero-order valence-corrected chi connectivity index (χ0v) is 13.3. The van der Waals surface area contributed by atoms with Gasteiger partial charge in [0.25, 0.3) is 0 Å². The second-order valence-electron chi connectivity index (χ2n) is 6.69. The van der Waals surface area contributed by atoms with E-state index in [1.165, 1.54) is 0 Å². The van der Waals surface area contributed by atoms with Crippen LogP contribution < -0.4 is 0 Å². The van der Waals surface area contributed by atoms with Gasteiger partial charge in [-0.15, -0.1) is 0 Å². The Morgan fingerprint density at radius 3 is 2.45 bits per heavy atom. The molecular weight excluding hydrogens is 250 g/mol. The fraction of sp³-hybridized carbons (Fsp3) is 0.875. The maximum Gasteiger partial charge on any atom is 0.0822 e. The predicted octanol–water partition coefficient (Wildman–Crippen LogP) is 0.881. The normalized spacial score (nSPS) is 31.4. The third-order valence-electron chi connectivity index (χ3n) is 4.52. The Kier molecular flexibility index (Phi) is 6.02. The minimum absolute atomic E-state index is 0.195. The van der Waals surface area contributed by atoms with Crippen LogP contribution in [0.1, 0.15) is 20.3 Å². The van der Waals surface area contributed by atoms with Crippen molar-refractivity contribution < 1.29 is 5.11 Å². The number of rotatable bonds is 4. The predicted molar refractivity (Wildman–Crippen MR) is 83.9 cm³/mol. The molecule has 2 heterocycles. The van der Waals surface area contributed by atoms with Crippen LogP contribution in [0.4, 0.5) is 0 Å². The van der Waals surface area contributed by atoms with Gasteiger partial charge in [-0.1, -0.05) is 26.0 Å². The van der Waals surface area contributed by atoms with E-state index in [-0.39, 0.29) is 6.10 Å². The molecule has 116 valence electrons. The van der Waals surface area contributed by atoms with Crippen LogP contribution in [0, 0.1) is 5.92 Å². The highest BCUT2D eigenvalue weighted by molar-refractivity contribution is 4.93. The number of nitrogens with zero attached hydrogens (tertiary/aromatic N) is 3. The van der Waals surface area contributed by atoms with Gasteiger partial charge in [-0.25, -0.2) is 0 Å². The van der Waals surface area contributed by atoms with E-state index < -0.39 is 0 Å². The van der Waals surface area contributed by atoms with Gasteiger partial charge >= 0.3 is 0 Å². The largest absolute Gasteiger partial charge is 0.390 e. The third-order valence-corrected chi connectivity index (χ3v) is 4.52. The SMILES string of the molecule is CC(C)/C=C/CN1CC[C@@H](N2CCN(C)CC2)[C@H](O)C1. The molecule has 0 saturated carbocycles. The van der Waals surface area contributed by atoms with Crippen LogP contribution in [-0.2, 0) is 0 Å². The van der Waals surface area contributed by atoms with Gasteiger partial charge in [0.05, 0.1) is 6.10 Å². The first-order chi connectivity index (χ1) is 9.56. The van der Waals surface area contributed by atoms with Gasteiger partial charge in [0.15, 0.2) is 0 Å². The number of hydrogen-bond acceptors (Lipinski definition) is 4. The van der Waals surface area contributed by atoms with Gasteiger partial charge < -0.3 is 10.0 Å². The smallest absolute Gasteiger partial charge is 0.0822 e. The monoisotopic (exact) mass is 281 g/mol. The van der Waals surface area contributed by atoms with Crippen molar-refractivity contribution in [3.05, 3.63) is 12.2 Å². The molecule has 0 radical (unpaired) electrons. The molecule has 0 aromatic carbocycles. The lowest BCUT2D eigenvalue weighted by Crippen LogP contribution is -2.58. The molecule has 0 bridgehead atoms. The molecule has 0 spiro atoms. The lowest BCUT2D eigenvalue weighted by atomic mass is 9.99. The average molecular weight is 281 g/mol. The molecule has 2 atom stereocenters. The zero-order valence-electron chi connectivity index (χ0n) is 13.3. The van der Waals surface area contributed by atoms with E-state index in [1.54, 1.807) is 0 Å². The molecule has 20 heavy (non-hydrogen) atoms. The highest BCUT2D eigenvalue weighted by atomic mass is 16.3. The Morgan fingerprint density at radius 2 is 1.85 bits per heavy atom. The van der Waals surface area contributed by atoms with Crippen LogP contribution in [0.25, 0.3) is 0 Å². The molecule has 0 unspecified atom stereocenters. The molecule has 4 nitrogen and oxygen atoms in total. The van der Waals surface area contributed by atoms with Gasteiger partial charge in [-0.3, -0.25) is 9.80 Å². The Morgan fingerprint density at radius 1 is 1.15 bits per heavy atom. The van der Waals surface area contributed by atoms with E-state index >= 15 is 0 Å². The zero-order chi connectivity index (χ0) is 14.5. The number of likely N-dealkylation sites (tertiary alicyclic amines) is 1. The van der Waals surface area contributed by atoms with Crippen molar-refractivity contribution in [2.45, 2.75) is 32.4 Å². The van der Waals surface area contributed by atoms with Crippen LogP contribution in [0.15, 0.2) is 12.2 Å². The van der Waals surface area contributed by atoms with Crippen molar-refractivity contribution in [2.24, 2.45) is 5.92 Å². The van der Waals surface area contributed by atoms with Crippen molar-refractivity contribution in [3.63, 3.8) is 0 Å². The maximum absolute atomic E-state index is 10.4. The van der Waals surface area contributed by atoms with Crippen LogP contribution in [0.2, 0.25) is 0 Å². The number of piperidine rings is 1. The summed E-state index contributed by atoms with van der Waals surface area (Å²) in [5.41, 5.74) is 0. The summed E-state index contributed by atoms with van der Waals surface area (Å²) in [7, 11) is 2.18. The first kappa shape index (κ1) is 16.0. The van der Waals surface area contributed by atoms with Gasteiger partial charge in [0.2, 0.25) is 0 Å². The Balaban J connectivity index is 1.77. The van der Waals surface area contributed by atoms with Crippen LogP contribution in [-0.4, -0.2) is 84.8 Å². The number of allylic oxidation sites excluding steroid dienone is 1. The lowest BCUT2D eigenvalue weighted by Gasteiger charge is -2.44. The summed E-state index contributed by atoms with van der Waals surface area (Å²) in [5, 5.41) is 10.4. The summed E-state index contributed by atoms with van der Waals surface area (Å²) >= 11 is 0. The summed E-state index contributed by atoms with van der Waals surface area (Å²) in [5.74, 6) is 0.614. The Labute approximate surface area is 124 Å². The first-order valence-corrected chi connectivity index (χ1v) is 8.06. The minimum Gasteiger partial charge on any atom is -0.390 e. The molecule has 2 rings (SSSR count). The molecule has 0 aromatic rings. The second-order valence-corrected chi connectivity index (χ2v) is 6.69. The van der Waals surface area contributed by atoms with E-state index in [1.807, 2.05) is 0 Å². The Hall–Kier alpha value is -0.420. The highest BCUT2D eigenvalue weighted by Crippen LogP contribution is 2.18. The van der Waals surface area contributed by atoms with Gasteiger partial charge in [0, 0.05) is 51.9 Å². The average Bonchev–Trinajstić information content (AvgIpc) is 2.40. The summed E-state index contributed by atoms with van der Waals surface area (Å²) in [4.78, 5) is 7.23. The van der Waals surface area contributed by atoms with Crippen LogP contribution in [0.3, 0.4) is 0 Å². The van der Waals surface area contributed by atoms with Crippen molar-refractivity contribution in [2.75, 3.05) is 52.9 Å². The van der Waals surface area contributed by atoms with Crippen molar-refractivity contribution in [1.82, 2.24) is 14.7 Å². The molecule has 2 aliphatic rings. The van der Waals surface area contributed by atoms with Gasteiger partial charge in [0.1, 0.15) is 0 Å². The molecule has 4 heteroatoms. The van der Waals surface area contributed by atoms with Crippen molar-refractivity contribution >= 4 is 0 Å². The number of β-amino-alcohol motifs (C(OH)–C–C–N with tert-alkyl or cyclic N) is 1. The fourth-order valence-corrected chi connectivity index (χ4v) is 3.21. The highest BCUT2D eigenvalue weighted by Gasteiger charge is 2.32. The fourth-order valence-electron chi connectivity index (χ4n) is 3.21. The molecule has 2 fully saturated rings. The summed E-state index contributed by atoms with van der Waals surface area (Å²) in [6.07, 6.45) is 5.40. The quantitative estimate of drug-likeness (QED) is 0.775. The topological polar surface area (TPSA) is 30.0 Å². The number of aliphatic hydroxyl groups excluding tert-OH is 1. The third kappa shape index (κ3) is 4.55. The maximum atomic E-state index is 10.4. The molecule has 0 aliphatic carbocycles. The van der Waals surface area contributed by atoms with E-state index in [0.29, 0.717) is 12.0 Å². The van der Waals surface area contributed by atoms with Crippen molar-refractivity contribution in [1.29, 1.82) is 0 Å². The molecule has 0 aromatic heterocycles. The number of piperazine rings is 1. The molecule has 2 aliphatic heterocycles. The molecule has 2 saturated heterocycles. The summed E-state index contributed by atoms with van der Waals surface area (Å²) in [6.45, 7) is 11.8. The second kappa shape index (κ2) is 7.55. The van der Waals surface area contributed by atoms with Crippen LogP contribution in [0.5, 0.6) is 0 Å². The Bertz CT molecular complexity index is 311. The summed E-state index contributed by atoms with van der Waals surface area (Å²) in [6, 6.07) is 0.369. The lowest BCUT2D eigenvalue weighted by molar-refractivity contribution is -0.0239. The number of likely N-dealkylation sites (N-methyl/N-ethyl adjacent to an activating group) is 1. The summed E-state index contributed by atoms with van der Waals surface area (Å²) < 4.78 is 0. The minimum atomic E-state index is -0.195.